The number of anilines is 1. The summed E-state index contributed by atoms with van der Waals surface area (Å²) in [6.45, 7) is 5.62. The number of halogens is 2. The molecule has 7 heteroatoms. The number of hydrogen-bond donors (Lipinski definition) is 0. The molecule has 2 saturated heterocycles. The molecule has 2 heterocycles. The van der Waals surface area contributed by atoms with Crippen molar-refractivity contribution in [2.45, 2.75) is 12.3 Å². The minimum Gasteiger partial charge on any atom is -0.497 e. The lowest BCUT2D eigenvalue weighted by molar-refractivity contribution is -0.129. The van der Waals surface area contributed by atoms with E-state index in [-0.39, 0.29) is 29.4 Å². The number of methoxy groups -OCH3 is 1. The number of ether oxygens (including phenoxy) is 1. The molecule has 0 aliphatic carbocycles. The number of likely N-dealkylation sites (tertiary alicyclic amines) is 1. The molecule has 5 nitrogen and oxygen atoms in total. The highest BCUT2D eigenvalue weighted by atomic mass is 19.1. The van der Waals surface area contributed by atoms with Crippen LogP contribution in [0, 0.1) is 17.6 Å². The van der Waals surface area contributed by atoms with Gasteiger partial charge in [-0.05, 0) is 65.6 Å². The van der Waals surface area contributed by atoms with Gasteiger partial charge in [-0.3, -0.25) is 9.69 Å². The van der Waals surface area contributed by atoms with Crippen molar-refractivity contribution in [1.29, 1.82) is 0 Å². The van der Waals surface area contributed by atoms with Crippen molar-refractivity contribution in [3.05, 3.63) is 95.6 Å². The third kappa shape index (κ3) is 6.10. The smallest absolute Gasteiger partial charge is 0.227 e. The average Bonchev–Trinajstić information content (AvgIpc) is 3.34. The van der Waals surface area contributed by atoms with Crippen LogP contribution in [0.3, 0.4) is 0 Å². The van der Waals surface area contributed by atoms with Crippen LogP contribution < -0.4 is 9.64 Å². The molecule has 5 rings (SSSR count). The zero-order valence-electron chi connectivity index (χ0n) is 21.2. The second kappa shape index (κ2) is 11.3. The lowest BCUT2D eigenvalue weighted by atomic mass is 9.88. The maximum absolute atomic E-state index is 14.1. The Morgan fingerprint density at radius 2 is 1.62 bits per heavy atom. The average molecular weight is 506 g/mol. The van der Waals surface area contributed by atoms with Gasteiger partial charge in [0.1, 0.15) is 17.4 Å². The first-order chi connectivity index (χ1) is 18.0. The predicted molar refractivity (Wildman–Crippen MR) is 141 cm³/mol. The first-order valence-electron chi connectivity index (χ1n) is 12.9. The Labute approximate surface area is 217 Å². The number of carbonyl (C=O) groups is 1. The standard InChI is InChI=1S/C30H33F2N3O2/c1-37-28-11-5-22(6-12-28)17-30(36)35-20-24(29(21-35)23-3-2-4-26(32)18-23)19-33-13-15-34(16-14-33)27-9-7-25(31)8-10-27/h2-12,18,24,29H,13-17,19-21H2,1H3. The summed E-state index contributed by atoms with van der Waals surface area (Å²) in [4.78, 5) is 19.9. The van der Waals surface area contributed by atoms with Gasteiger partial charge in [-0.1, -0.05) is 24.3 Å². The topological polar surface area (TPSA) is 36.0 Å². The summed E-state index contributed by atoms with van der Waals surface area (Å²) in [6, 6.07) is 21.1. The van der Waals surface area contributed by atoms with Gasteiger partial charge in [-0.15, -0.1) is 0 Å². The van der Waals surface area contributed by atoms with E-state index in [4.69, 9.17) is 4.74 Å². The molecule has 2 fully saturated rings. The van der Waals surface area contributed by atoms with E-state index in [1.54, 1.807) is 19.2 Å². The van der Waals surface area contributed by atoms with E-state index >= 15 is 0 Å². The van der Waals surface area contributed by atoms with Crippen LogP contribution in [0.1, 0.15) is 17.0 Å². The molecule has 194 valence electrons. The SMILES string of the molecule is COc1ccc(CC(=O)N2CC(CN3CCN(c4ccc(F)cc4)CC3)C(c3cccc(F)c3)C2)cc1. The molecule has 3 aromatic rings. The first kappa shape index (κ1) is 25.2. The van der Waals surface area contributed by atoms with Crippen molar-refractivity contribution in [3.63, 3.8) is 0 Å². The fraction of sp³-hybridized carbons (Fsp3) is 0.367. The van der Waals surface area contributed by atoms with Crippen LogP contribution >= 0.6 is 0 Å². The quantitative estimate of drug-likeness (QED) is 0.471. The molecule has 0 spiro atoms. The number of nitrogens with zero attached hydrogens (tertiary/aromatic N) is 3. The van der Waals surface area contributed by atoms with Gasteiger partial charge < -0.3 is 14.5 Å². The molecule has 3 aromatic carbocycles. The molecule has 0 saturated carbocycles. The van der Waals surface area contributed by atoms with E-state index in [0.29, 0.717) is 19.5 Å². The summed E-state index contributed by atoms with van der Waals surface area (Å²) in [5.74, 6) is 0.702. The van der Waals surface area contributed by atoms with Gasteiger partial charge in [0.05, 0.1) is 13.5 Å². The Bertz CT molecular complexity index is 1190. The minimum atomic E-state index is -0.243. The molecule has 0 N–H and O–H groups in total. The minimum absolute atomic E-state index is 0.0886. The van der Waals surface area contributed by atoms with Crippen molar-refractivity contribution in [1.82, 2.24) is 9.80 Å². The van der Waals surface area contributed by atoms with Crippen LogP contribution in [0.5, 0.6) is 5.75 Å². The van der Waals surface area contributed by atoms with E-state index in [0.717, 1.165) is 55.3 Å². The van der Waals surface area contributed by atoms with Gasteiger partial charge in [-0.25, -0.2) is 8.78 Å². The lowest BCUT2D eigenvalue weighted by Crippen LogP contribution is -2.48. The van der Waals surface area contributed by atoms with E-state index in [2.05, 4.69) is 9.80 Å². The van der Waals surface area contributed by atoms with E-state index in [9.17, 15) is 13.6 Å². The summed E-state index contributed by atoms with van der Waals surface area (Å²) in [5.41, 5.74) is 2.94. The van der Waals surface area contributed by atoms with Crippen molar-refractivity contribution >= 4 is 11.6 Å². The summed E-state index contributed by atoms with van der Waals surface area (Å²) in [5, 5.41) is 0. The van der Waals surface area contributed by atoms with E-state index in [1.807, 2.05) is 47.4 Å². The molecular weight excluding hydrogens is 472 g/mol. The first-order valence-corrected chi connectivity index (χ1v) is 12.9. The number of amides is 1. The highest BCUT2D eigenvalue weighted by Gasteiger charge is 2.37. The molecular formula is C30H33F2N3O2. The largest absolute Gasteiger partial charge is 0.497 e. The summed E-state index contributed by atoms with van der Waals surface area (Å²) in [6.07, 6.45) is 0.336. The van der Waals surface area contributed by atoms with Crippen molar-refractivity contribution in [2.75, 3.05) is 57.8 Å². The predicted octanol–water partition coefficient (Wildman–Crippen LogP) is 4.58. The van der Waals surface area contributed by atoms with E-state index < -0.39 is 0 Å². The molecule has 0 bridgehead atoms. The second-order valence-corrected chi connectivity index (χ2v) is 10.0. The Morgan fingerprint density at radius 1 is 0.892 bits per heavy atom. The highest BCUT2D eigenvalue weighted by molar-refractivity contribution is 5.79. The molecule has 2 atom stereocenters. The summed E-state index contributed by atoms with van der Waals surface area (Å²) >= 11 is 0. The normalized spacial score (nSPS) is 20.3. The van der Waals surface area contributed by atoms with Gasteiger partial charge in [0, 0.05) is 57.4 Å². The lowest BCUT2D eigenvalue weighted by Gasteiger charge is -2.37. The summed E-state index contributed by atoms with van der Waals surface area (Å²) in [7, 11) is 1.62. The van der Waals surface area contributed by atoms with Crippen LogP contribution in [-0.2, 0) is 11.2 Å². The van der Waals surface area contributed by atoms with Gasteiger partial charge in [0.2, 0.25) is 5.91 Å². The molecule has 0 radical (unpaired) electrons. The molecule has 0 aromatic heterocycles. The number of carbonyl (C=O) groups excluding carboxylic acids is 1. The van der Waals surface area contributed by atoms with Crippen LogP contribution in [0.25, 0.3) is 0 Å². The monoisotopic (exact) mass is 505 g/mol. The fourth-order valence-corrected chi connectivity index (χ4v) is 5.58. The number of rotatable bonds is 7. The van der Waals surface area contributed by atoms with Crippen molar-refractivity contribution < 1.29 is 18.3 Å². The summed E-state index contributed by atoms with van der Waals surface area (Å²) < 4.78 is 32.6. The third-order valence-corrected chi connectivity index (χ3v) is 7.64. The van der Waals surface area contributed by atoms with Gasteiger partial charge in [0.25, 0.3) is 0 Å². The van der Waals surface area contributed by atoms with Crippen LogP contribution in [0.4, 0.5) is 14.5 Å². The zero-order valence-corrected chi connectivity index (χ0v) is 21.2. The van der Waals surface area contributed by atoms with Gasteiger partial charge >= 0.3 is 0 Å². The van der Waals surface area contributed by atoms with Gasteiger partial charge in [0.15, 0.2) is 0 Å². The van der Waals surface area contributed by atoms with Gasteiger partial charge in [-0.2, -0.15) is 0 Å². The molecule has 2 unspecified atom stereocenters. The third-order valence-electron chi connectivity index (χ3n) is 7.64. The Balaban J connectivity index is 1.25. The second-order valence-electron chi connectivity index (χ2n) is 10.0. The van der Waals surface area contributed by atoms with Crippen molar-refractivity contribution in [2.24, 2.45) is 5.92 Å². The Kier molecular flexibility index (Phi) is 7.70. The molecule has 2 aliphatic heterocycles. The number of benzene rings is 3. The maximum Gasteiger partial charge on any atom is 0.227 e. The van der Waals surface area contributed by atoms with Crippen molar-refractivity contribution in [3.8, 4) is 5.75 Å². The maximum atomic E-state index is 14.1. The van der Waals surface area contributed by atoms with Crippen LogP contribution in [0.15, 0.2) is 72.8 Å². The van der Waals surface area contributed by atoms with Crippen LogP contribution in [0.2, 0.25) is 0 Å². The molecule has 37 heavy (non-hydrogen) atoms. The van der Waals surface area contributed by atoms with E-state index in [1.165, 1.54) is 18.2 Å². The molecule has 2 aliphatic rings. The molecule has 1 amide bonds. The Morgan fingerprint density at radius 3 is 2.30 bits per heavy atom. The zero-order chi connectivity index (χ0) is 25.8. The van der Waals surface area contributed by atoms with Crippen LogP contribution in [-0.4, -0.2) is 68.6 Å². The Hall–Kier alpha value is -3.45. The fourth-order valence-electron chi connectivity index (χ4n) is 5.58. The number of hydrogen-bond acceptors (Lipinski definition) is 4. The number of piperazine rings is 1. The highest BCUT2D eigenvalue weighted by Crippen LogP contribution is 2.34.